The molecule has 2 aromatic carbocycles. The molecule has 0 radical (unpaired) electrons. The molecule has 0 saturated heterocycles. The highest BCUT2D eigenvalue weighted by molar-refractivity contribution is 7.17. The molecule has 7 heteroatoms. The Hall–Kier alpha value is -2.41. The summed E-state index contributed by atoms with van der Waals surface area (Å²) in [6.45, 7) is 3.28. The van der Waals surface area contributed by atoms with Crippen molar-refractivity contribution in [1.82, 2.24) is 0 Å². The van der Waals surface area contributed by atoms with E-state index in [4.69, 9.17) is 0 Å². The van der Waals surface area contributed by atoms with Crippen LogP contribution in [0.1, 0.15) is 11.1 Å². The minimum atomic E-state index is -4.86. The van der Waals surface area contributed by atoms with Crippen LogP contribution in [0.25, 0.3) is 21.6 Å². The van der Waals surface area contributed by atoms with E-state index in [2.05, 4.69) is 4.74 Å². The fraction of sp³-hybridized carbons (Fsp3) is 0.158. The van der Waals surface area contributed by atoms with E-state index in [-0.39, 0.29) is 16.0 Å². The van der Waals surface area contributed by atoms with Gasteiger partial charge in [-0.25, -0.2) is 8.78 Å². The molecule has 0 fully saturated rings. The van der Waals surface area contributed by atoms with E-state index in [0.29, 0.717) is 22.5 Å². The van der Waals surface area contributed by atoms with E-state index in [1.54, 1.807) is 12.1 Å². The van der Waals surface area contributed by atoms with Crippen molar-refractivity contribution in [1.29, 1.82) is 0 Å². The summed E-state index contributed by atoms with van der Waals surface area (Å²) in [5.41, 5.74) is 1.79. The molecule has 3 rings (SSSR count). The number of benzene rings is 2. The molecule has 1 aromatic heterocycles. The molecule has 0 amide bonds. The molecule has 136 valence electrons. The van der Waals surface area contributed by atoms with Gasteiger partial charge in [0.15, 0.2) is 5.06 Å². The van der Waals surface area contributed by atoms with Gasteiger partial charge >= 0.3 is 6.36 Å². The molecule has 1 heterocycles. The first kappa shape index (κ1) is 18.4. The first-order valence-corrected chi connectivity index (χ1v) is 8.38. The van der Waals surface area contributed by atoms with Crippen molar-refractivity contribution in [3.8, 4) is 26.6 Å². The topological polar surface area (TPSA) is 9.23 Å². The van der Waals surface area contributed by atoms with Gasteiger partial charge in [0.05, 0.1) is 5.56 Å². The second-order valence-corrected chi connectivity index (χ2v) is 6.82. The van der Waals surface area contributed by atoms with Crippen LogP contribution in [0.4, 0.5) is 22.0 Å². The molecular weight excluding hydrogens is 371 g/mol. The van der Waals surface area contributed by atoms with Crippen LogP contribution in [0.15, 0.2) is 42.5 Å². The van der Waals surface area contributed by atoms with Crippen molar-refractivity contribution in [3.05, 3.63) is 65.2 Å². The number of hydrogen-bond donors (Lipinski definition) is 0. The fourth-order valence-corrected chi connectivity index (χ4v) is 3.60. The van der Waals surface area contributed by atoms with Gasteiger partial charge in [0.25, 0.3) is 0 Å². The molecule has 3 aromatic rings. The Morgan fingerprint density at radius 1 is 0.846 bits per heavy atom. The molecule has 0 atom stereocenters. The highest BCUT2D eigenvalue weighted by atomic mass is 32.1. The lowest BCUT2D eigenvalue weighted by Crippen LogP contribution is -2.16. The first-order valence-electron chi connectivity index (χ1n) is 7.56. The molecule has 0 aliphatic carbocycles. The fourth-order valence-electron chi connectivity index (χ4n) is 2.52. The Kier molecular flexibility index (Phi) is 4.75. The van der Waals surface area contributed by atoms with E-state index in [1.165, 1.54) is 25.1 Å². The van der Waals surface area contributed by atoms with Crippen LogP contribution < -0.4 is 4.74 Å². The Morgan fingerprint density at radius 2 is 1.42 bits per heavy atom. The number of aryl methyl sites for hydroxylation is 2. The van der Waals surface area contributed by atoms with E-state index < -0.39 is 23.1 Å². The van der Waals surface area contributed by atoms with Crippen molar-refractivity contribution in [3.63, 3.8) is 0 Å². The Bertz CT molecular complexity index is 919. The molecule has 0 unspecified atom stereocenters. The number of halogens is 5. The minimum absolute atomic E-state index is 0.0345. The summed E-state index contributed by atoms with van der Waals surface area (Å²) in [5, 5.41) is -0.436. The maximum Gasteiger partial charge on any atom is 0.573 e. The summed E-state index contributed by atoms with van der Waals surface area (Å²) in [7, 11) is 0. The highest BCUT2D eigenvalue weighted by Gasteiger charge is 2.33. The van der Waals surface area contributed by atoms with Crippen LogP contribution >= 0.6 is 11.3 Å². The van der Waals surface area contributed by atoms with Gasteiger partial charge in [-0.3, -0.25) is 0 Å². The van der Waals surface area contributed by atoms with Crippen molar-refractivity contribution < 1.29 is 26.7 Å². The van der Waals surface area contributed by atoms with E-state index in [0.717, 1.165) is 5.56 Å². The molecule has 0 bridgehead atoms. The van der Waals surface area contributed by atoms with Gasteiger partial charge in [0.1, 0.15) is 11.6 Å². The number of hydrogen-bond acceptors (Lipinski definition) is 2. The summed E-state index contributed by atoms with van der Waals surface area (Å²) in [4.78, 5) is 0.0345. The summed E-state index contributed by atoms with van der Waals surface area (Å²) >= 11 is 0.549. The van der Waals surface area contributed by atoms with E-state index in [1.807, 2.05) is 19.1 Å². The van der Waals surface area contributed by atoms with Crippen LogP contribution in [-0.4, -0.2) is 6.36 Å². The third kappa shape index (κ3) is 3.88. The average molecular weight is 384 g/mol. The lowest BCUT2D eigenvalue weighted by Gasteiger charge is -2.08. The van der Waals surface area contributed by atoms with Crippen LogP contribution in [-0.2, 0) is 0 Å². The predicted octanol–water partition coefficient (Wildman–Crippen LogP) is 6.88. The Balaban J connectivity index is 2.02. The predicted molar refractivity (Wildman–Crippen MR) is 91.3 cm³/mol. The van der Waals surface area contributed by atoms with Gasteiger partial charge < -0.3 is 4.74 Å². The third-order valence-corrected chi connectivity index (χ3v) is 4.89. The zero-order valence-electron chi connectivity index (χ0n) is 13.7. The van der Waals surface area contributed by atoms with Gasteiger partial charge in [-0.15, -0.1) is 13.2 Å². The molecule has 1 nitrogen and oxygen atoms in total. The summed E-state index contributed by atoms with van der Waals surface area (Å²) < 4.78 is 70.2. The van der Waals surface area contributed by atoms with Crippen molar-refractivity contribution in [2.75, 3.05) is 0 Å². The quantitative estimate of drug-likeness (QED) is 0.448. The van der Waals surface area contributed by atoms with Crippen molar-refractivity contribution in [2.45, 2.75) is 20.2 Å². The number of ether oxygens (including phenoxy) is 1. The lowest BCUT2D eigenvalue weighted by atomic mass is 10.0. The summed E-state index contributed by atoms with van der Waals surface area (Å²) in [6.07, 6.45) is -4.86. The molecular formula is C19H13F5OS. The zero-order valence-corrected chi connectivity index (χ0v) is 14.6. The Labute approximate surface area is 150 Å². The second-order valence-electron chi connectivity index (χ2n) is 5.81. The van der Waals surface area contributed by atoms with Crippen LogP contribution in [0.5, 0.6) is 5.06 Å². The average Bonchev–Trinajstić information content (AvgIpc) is 2.85. The van der Waals surface area contributed by atoms with E-state index >= 15 is 0 Å². The standard InChI is InChI=1S/C19H13F5OS/c1-10-3-5-12(6-4-10)13-8-14(20)17(15(21)9-13)16-7-11(2)18(26-16)25-19(22,23)24/h3-9H,1-2H3. The second kappa shape index (κ2) is 6.72. The number of thiophene rings is 1. The molecule has 0 aliphatic rings. The summed E-state index contributed by atoms with van der Waals surface area (Å²) in [6, 6.07) is 10.7. The first-order chi connectivity index (χ1) is 12.1. The molecule has 26 heavy (non-hydrogen) atoms. The van der Waals surface area contributed by atoms with Crippen LogP contribution in [0, 0.1) is 25.5 Å². The number of rotatable bonds is 3. The van der Waals surface area contributed by atoms with Gasteiger partial charge in [-0.05, 0) is 43.2 Å². The van der Waals surface area contributed by atoms with Gasteiger partial charge in [0, 0.05) is 10.4 Å². The van der Waals surface area contributed by atoms with Crippen LogP contribution in [0.2, 0.25) is 0 Å². The van der Waals surface area contributed by atoms with Gasteiger partial charge in [-0.1, -0.05) is 41.2 Å². The maximum absolute atomic E-state index is 14.5. The zero-order chi connectivity index (χ0) is 19.1. The van der Waals surface area contributed by atoms with Gasteiger partial charge in [0.2, 0.25) is 0 Å². The largest absolute Gasteiger partial charge is 0.573 e. The lowest BCUT2D eigenvalue weighted by molar-refractivity contribution is -0.273. The summed E-state index contributed by atoms with van der Waals surface area (Å²) in [5.74, 6) is -1.69. The molecule has 0 spiro atoms. The van der Waals surface area contributed by atoms with Crippen molar-refractivity contribution >= 4 is 11.3 Å². The monoisotopic (exact) mass is 384 g/mol. The van der Waals surface area contributed by atoms with Crippen molar-refractivity contribution in [2.24, 2.45) is 0 Å². The minimum Gasteiger partial charge on any atom is -0.396 e. The molecule has 0 N–H and O–H groups in total. The smallest absolute Gasteiger partial charge is 0.396 e. The van der Waals surface area contributed by atoms with E-state index in [9.17, 15) is 22.0 Å². The number of alkyl halides is 3. The van der Waals surface area contributed by atoms with Crippen LogP contribution in [0.3, 0.4) is 0 Å². The SMILES string of the molecule is Cc1ccc(-c2cc(F)c(-c3cc(C)c(OC(F)(F)F)s3)c(F)c2)cc1. The Morgan fingerprint density at radius 3 is 1.96 bits per heavy atom. The normalized spacial score (nSPS) is 11.7. The molecule has 0 aliphatic heterocycles. The molecule has 0 saturated carbocycles. The third-order valence-electron chi connectivity index (χ3n) is 3.75. The van der Waals surface area contributed by atoms with Gasteiger partial charge in [-0.2, -0.15) is 0 Å². The maximum atomic E-state index is 14.5. The highest BCUT2D eigenvalue weighted by Crippen LogP contribution is 2.42.